The van der Waals surface area contributed by atoms with E-state index in [1.807, 2.05) is 0 Å². The molecule has 0 unspecified atom stereocenters. The summed E-state index contributed by atoms with van der Waals surface area (Å²) >= 11 is 0. The van der Waals surface area contributed by atoms with Crippen LogP contribution >= 0.6 is 0 Å². The third-order valence-corrected chi connectivity index (χ3v) is 5.34. The van der Waals surface area contributed by atoms with Gasteiger partial charge in [0.2, 0.25) is 0 Å². The van der Waals surface area contributed by atoms with Crippen LogP contribution in [0.2, 0.25) is 0 Å². The minimum Gasteiger partial charge on any atom is -0.465 e. The number of esters is 2. The number of fused-ring (bicyclic) bond motifs is 1. The molecule has 0 atom stereocenters. The fourth-order valence-corrected chi connectivity index (χ4v) is 4.22. The van der Waals surface area contributed by atoms with E-state index in [4.69, 9.17) is 0 Å². The number of hydrogen-bond donors (Lipinski definition) is 2. The van der Waals surface area contributed by atoms with Crippen LogP contribution in [0.3, 0.4) is 0 Å². The van der Waals surface area contributed by atoms with Gasteiger partial charge in [-0.15, -0.1) is 0 Å². The highest BCUT2D eigenvalue weighted by atomic mass is 32.2. The summed E-state index contributed by atoms with van der Waals surface area (Å²) in [6.07, 6.45) is 0. The minimum absolute atomic E-state index is 0.421. The van der Waals surface area contributed by atoms with Crippen molar-refractivity contribution >= 4 is 42.9 Å². The molecule has 0 amide bonds. The van der Waals surface area contributed by atoms with Crippen LogP contribution in [0.25, 0.3) is 10.8 Å². The molecule has 2 aromatic rings. The third-order valence-electron chi connectivity index (χ3n) is 3.43. The van der Waals surface area contributed by atoms with Crippen molar-refractivity contribution in [2.75, 3.05) is 14.2 Å². The Morgan fingerprint density at radius 1 is 0.731 bits per heavy atom. The summed E-state index contributed by atoms with van der Waals surface area (Å²) in [7, 11) is -8.07. The lowest BCUT2D eigenvalue weighted by Gasteiger charge is -2.13. The van der Waals surface area contributed by atoms with E-state index in [2.05, 4.69) is 9.47 Å². The van der Waals surface area contributed by atoms with E-state index >= 15 is 0 Å². The Hall–Kier alpha value is -2.54. The van der Waals surface area contributed by atoms with E-state index in [0.717, 1.165) is 38.5 Å². The first-order chi connectivity index (χ1) is 11.9. The second-order valence-corrected chi connectivity index (χ2v) is 7.63. The SMILES string of the molecule is COC(=O)c1ccc2c(S(=O)(=O)O)c(C(=O)OC)ccc2c1S(=O)(=O)O. The zero-order chi connectivity index (χ0) is 19.9. The molecule has 0 saturated carbocycles. The maximum atomic E-state index is 11.8. The van der Waals surface area contributed by atoms with Crippen molar-refractivity contribution in [2.45, 2.75) is 9.79 Å². The second-order valence-electron chi connectivity index (χ2n) is 4.91. The monoisotopic (exact) mass is 404 g/mol. The summed E-state index contributed by atoms with van der Waals surface area (Å²) in [4.78, 5) is 21.7. The summed E-state index contributed by atoms with van der Waals surface area (Å²) in [5, 5.41) is -0.841. The zero-order valence-corrected chi connectivity index (χ0v) is 14.9. The van der Waals surface area contributed by atoms with Gasteiger partial charge in [0.1, 0.15) is 9.79 Å². The van der Waals surface area contributed by atoms with Gasteiger partial charge < -0.3 is 9.47 Å². The van der Waals surface area contributed by atoms with E-state index in [1.54, 1.807) is 0 Å². The molecule has 140 valence electrons. The minimum atomic E-state index is -5.01. The van der Waals surface area contributed by atoms with E-state index in [9.17, 15) is 35.5 Å². The Morgan fingerprint density at radius 3 is 1.27 bits per heavy atom. The van der Waals surface area contributed by atoms with Gasteiger partial charge >= 0.3 is 11.9 Å². The van der Waals surface area contributed by atoms with Crippen molar-refractivity contribution in [3.8, 4) is 0 Å². The first-order valence-corrected chi connectivity index (χ1v) is 9.52. The van der Waals surface area contributed by atoms with Crippen LogP contribution in [0.15, 0.2) is 34.1 Å². The number of carbonyl (C=O) groups is 2. The molecule has 12 heteroatoms. The van der Waals surface area contributed by atoms with Gasteiger partial charge in [0.05, 0.1) is 25.3 Å². The molecule has 10 nitrogen and oxygen atoms in total. The molecular formula is C14H12O10S2. The lowest BCUT2D eigenvalue weighted by Crippen LogP contribution is -2.14. The molecule has 0 fully saturated rings. The Bertz CT molecular complexity index is 1040. The molecule has 0 radical (unpaired) electrons. The molecular weight excluding hydrogens is 392 g/mol. The number of methoxy groups -OCH3 is 2. The molecule has 0 aliphatic heterocycles. The number of carbonyl (C=O) groups excluding carboxylic acids is 2. The molecule has 0 aliphatic rings. The third kappa shape index (κ3) is 3.39. The highest BCUT2D eigenvalue weighted by molar-refractivity contribution is 7.86. The van der Waals surface area contributed by atoms with Crippen LogP contribution in [-0.2, 0) is 29.7 Å². The van der Waals surface area contributed by atoms with E-state index < -0.39 is 63.9 Å². The Kier molecular flexibility index (Phi) is 5.05. The van der Waals surface area contributed by atoms with Gasteiger partial charge in [-0.25, -0.2) is 9.59 Å². The molecule has 26 heavy (non-hydrogen) atoms. The first kappa shape index (κ1) is 19.8. The van der Waals surface area contributed by atoms with Gasteiger partial charge in [0.15, 0.2) is 0 Å². The topological polar surface area (TPSA) is 161 Å². The smallest absolute Gasteiger partial charge is 0.339 e. The zero-order valence-electron chi connectivity index (χ0n) is 13.3. The van der Waals surface area contributed by atoms with Gasteiger partial charge in [-0.1, -0.05) is 12.1 Å². The van der Waals surface area contributed by atoms with Gasteiger partial charge in [0.25, 0.3) is 20.2 Å². The summed E-state index contributed by atoms with van der Waals surface area (Å²) in [6.45, 7) is 0. The van der Waals surface area contributed by atoms with E-state index in [-0.39, 0.29) is 0 Å². The number of hydrogen-bond acceptors (Lipinski definition) is 8. The lowest BCUT2D eigenvalue weighted by atomic mass is 10.0. The Balaban J connectivity index is 3.14. The first-order valence-electron chi connectivity index (χ1n) is 6.64. The van der Waals surface area contributed by atoms with Gasteiger partial charge in [-0.3, -0.25) is 9.11 Å². The summed E-state index contributed by atoms with van der Waals surface area (Å²) < 4.78 is 74.9. The van der Waals surface area contributed by atoms with Crippen LogP contribution in [0.5, 0.6) is 0 Å². The maximum Gasteiger partial charge on any atom is 0.339 e. The lowest BCUT2D eigenvalue weighted by molar-refractivity contribution is 0.0587. The van der Waals surface area contributed by atoms with Gasteiger partial charge in [0, 0.05) is 10.8 Å². The van der Waals surface area contributed by atoms with E-state index in [0.29, 0.717) is 0 Å². The van der Waals surface area contributed by atoms with Crippen molar-refractivity contribution in [3.63, 3.8) is 0 Å². The Morgan fingerprint density at radius 2 is 1.04 bits per heavy atom. The quantitative estimate of drug-likeness (QED) is 0.553. The van der Waals surface area contributed by atoms with Gasteiger partial charge in [-0.05, 0) is 12.1 Å². The normalized spacial score (nSPS) is 12.0. The molecule has 2 aromatic carbocycles. The van der Waals surface area contributed by atoms with Crippen molar-refractivity contribution in [2.24, 2.45) is 0 Å². The molecule has 2 rings (SSSR count). The second kappa shape index (κ2) is 6.64. The van der Waals surface area contributed by atoms with Gasteiger partial charge in [-0.2, -0.15) is 16.8 Å². The van der Waals surface area contributed by atoms with Crippen LogP contribution < -0.4 is 0 Å². The molecule has 0 aromatic heterocycles. The number of ether oxygens (including phenoxy) is 2. The molecule has 0 bridgehead atoms. The molecule has 0 saturated heterocycles. The predicted molar refractivity (Wildman–Crippen MR) is 86.3 cm³/mol. The summed E-state index contributed by atoms with van der Waals surface area (Å²) in [5.74, 6) is -2.21. The molecule has 2 N–H and O–H groups in total. The predicted octanol–water partition coefficient (Wildman–Crippen LogP) is 0.906. The fourth-order valence-electron chi connectivity index (χ4n) is 2.45. The average Bonchev–Trinajstić information content (AvgIpc) is 2.56. The molecule has 0 aliphatic carbocycles. The van der Waals surface area contributed by atoms with Crippen LogP contribution in [0, 0.1) is 0 Å². The van der Waals surface area contributed by atoms with Crippen molar-refractivity contribution in [1.82, 2.24) is 0 Å². The number of benzene rings is 2. The van der Waals surface area contributed by atoms with Crippen molar-refractivity contribution in [3.05, 3.63) is 35.4 Å². The largest absolute Gasteiger partial charge is 0.465 e. The van der Waals surface area contributed by atoms with Crippen molar-refractivity contribution in [1.29, 1.82) is 0 Å². The highest BCUT2D eigenvalue weighted by Crippen LogP contribution is 2.33. The van der Waals surface area contributed by atoms with Crippen LogP contribution in [0.4, 0.5) is 0 Å². The van der Waals surface area contributed by atoms with Crippen molar-refractivity contribution < 1.29 is 45.0 Å². The fraction of sp³-hybridized carbons (Fsp3) is 0.143. The molecule has 0 heterocycles. The Labute approximate surface area is 147 Å². The molecule has 0 spiro atoms. The average molecular weight is 404 g/mol. The van der Waals surface area contributed by atoms with Crippen LogP contribution in [0.1, 0.15) is 20.7 Å². The maximum absolute atomic E-state index is 11.8. The summed E-state index contributed by atoms with van der Waals surface area (Å²) in [6, 6.07) is 3.75. The highest BCUT2D eigenvalue weighted by Gasteiger charge is 2.30. The standard InChI is InChI=1S/C14H12O10S2/c1-23-13(15)9-5-3-8-7(11(9)25(17,18)19)4-6-10(14(16)24-2)12(8)26(20,21)22/h3-6H,1-2H3,(H,17,18,19)(H,20,21,22). The van der Waals surface area contributed by atoms with E-state index in [1.165, 1.54) is 0 Å². The van der Waals surface area contributed by atoms with Crippen LogP contribution in [-0.4, -0.2) is 52.1 Å². The number of rotatable bonds is 4. The summed E-state index contributed by atoms with van der Waals surface area (Å²) in [5.41, 5.74) is -1.12.